The van der Waals surface area contributed by atoms with Crippen LogP contribution in [0.25, 0.3) is 33.4 Å². The SMILES string of the molecule is COC(=O)C(=O)Nc1c(-c2ccccc2)cc(-c2ccccc2)cc1-c1ccccc1. The summed E-state index contributed by atoms with van der Waals surface area (Å²) in [6.07, 6.45) is 0. The highest BCUT2D eigenvalue weighted by Crippen LogP contribution is 2.41. The molecule has 4 aromatic carbocycles. The zero-order chi connectivity index (χ0) is 21.6. The number of ether oxygens (including phenoxy) is 1. The van der Waals surface area contributed by atoms with Crippen molar-refractivity contribution in [3.63, 3.8) is 0 Å². The van der Waals surface area contributed by atoms with E-state index in [2.05, 4.69) is 10.1 Å². The van der Waals surface area contributed by atoms with E-state index in [1.54, 1.807) is 0 Å². The fraction of sp³-hybridized carbons (Fsp3) is 0.0370. The van der Waals surface area contributed by atoms with Crippen LogP contribution in [0.5, 0.6) is 0 Å². The summed E-state index contributed by atoms with van der Waals surface area (Å²) in [6.45, 7) is 0. The summed E-state index contributed by atoms with van der Waals surface area (Å²) in [6, 6.07) is 33.7. The maximum atomic E-state index is 12.5. The molecule has 4 aromatic rings. The van der Waals surface area contributed by atoms with Gasteiger partial charge in [0.1, 0.15) is 0 Å². The van der Waals surface area contributed by atoms with Crippen molar-refractivity contribution in [1.82, 2.24) is 0 Å². The molecule has 4 heteroatoms. The lowest BCUT2D eigenvalue weighted by Crippen LogP contribution is -2.24. The Balaban J connectivity index is 2.00. The average molecular weight is 407 g/mol. The second kappa shape index (κ2) is 9.09. The van der Waals surface area contributed by atoms with Crippen molar-refractivity contribution in [2.24, 2.45) is 0 Å². The number of carbonyl (C=O) groups excluding carboxylic acids is 2. The zero-order valence-corrected chi connectivity index (χ0v) is 17.0. The van der Waals surface area contributed by atoms with Gasteiger partial charge in [0.25, 0.3) is 0 Å². The summed E-state index contributed by atoms with van der Waals surface area (Å²) in [5.41, 5.74) is 6.12. The number of carbonyl (C=O) groups is 2. The van der Waals surface area contributed by atoms with Crippen molar-refractivity contribution in [3.8, 4) is 33.4 Å². The highest BCUT2D eigenvalue weighted by molar-refractivity contribution is 6.38. The molecule has 0 saturated carbocycles. The van der Waals surface area contributed by atoms with Crippen LogP contribution < -0.4 is 5.32 Å². The zero-order valence-electron chi connectivity index (χ0n) is 17.0. The van der Waals surface area contributed by atoms with E-state index in [9.17, 15) is 9.59 Å². The van der Waals surface area contributed by atoms with Crippen LogP contribution in [0.2, 0.25) is 0 Å². The van der Waals surface area contributed by atoms with E-state index < -0.39 is 11.9 Å². The third-order valence-corrected chi connectivity index (χ3v) is 5.02. The van der Waals surface area contributed by atoms with Gasteiger partial charge < -0.3 is 10.1 Å². The topological polar surface area (TPSA) is 55.4 Å². The largest absolute Gasteiger partial charge is 0.462 e. The molecule has 0 aliphatic carbocycles. The molecule has 0 aliphatic rings. The minimum atomic E-state index is -0.940. The number of methoxy groups -OCH3 is 1. The number of benzene rings is 4. The summed E-state index contributed by atoms with van der Waals surface area (Å²) in [4.78, 5) is 24.3. The second-order valence-electron chi connectivity index (χ2n) is 6.99. The lowest BCUT2D eigenvalue weighted by atomic mass is 9.91. The maximum Gasteiger partial charge on any atom is 0.396 e. The standard InChI is InChI=1S/C27H21NO3/c1-31-27(30)26(29)28-25-23(20-13-7-3-8-14-20)17-22(19-11-5-2-6-12-19)18-24(25)21-15-9-4-10-16-21/h2-18H,1H3,(H,28,29). The average Bonchev–Trinajstić information content (AvgIpc) is 2.85. The third kappa shape index (κ3) is 4.38. The Kier molecular flexibility index (Phi) is 5.90. The number of esters is 1. The Morgan fingerprint density at radius 1 is 0.613 bits per heavy atom. The van der Waals surface area contributed by atoms with Crippen LogP contribution in [-0.2, 0) is 14.3 Å². The molecule has 0 saturated heterocycles. The molecule has 0 fully saturated rings. The van der Waals surface area contributed by atoms with Crippen molar-refractivity contribution < 1.29 is 14.3 Å². The first kappa shape index (κ1) is 20.1. The van der Waals surface area contributed by atoms with Gasteiger partial charge in [-0.1, -0.05) is 91.0 Å². The van der Waals surface area contributed by atoms with Crippen molar-refractivity contribution in [2.75, 3.05) is 12.4 Å². The highest BCUT2D eigenvalue weighted by Gasteiger charge is 2.21. The van der Waals surface area contributed by atoms with Gasteiger partial charge in [0.15, 0.2) is 0 Å². The van der Waals surface area contributed by atoms with Crippen LogP contribution in [0, 0.1) is 0 Å². The van der Waals surface area contributed by atoms with E-state index in [0.29, 0.717) is 5.69 Å². The van der Waals surface area contributed by atoms with E-state index in [1.807, 2.05) is 103 Å². The van der Waals surface area contributed by atoms with Gasteiger partial charge in [0, 0.05) is 11.1 Å². The van der Waals surface area contributed by atoms with Gasteiger partial charge in [-0.05, 0) is 34.4 Å². The molecule has 0 bridgehead atoms. The fourth-order valence-electron chi connectivity index (χ4n) is 3.52. The normalized spacial score (nSPS) is 10.4. The van der Waals surface area contributed by atoms with Crippen molar-refractivity contribution >= 4 is 17.6 Å². The number of hydrogen-bond acceptors (Lipinski definition) is 3. The van der Waals surface area contributed by atoms with E-state index in [4.69, 9.17) is 0 Å². The minimum Gasteiger partial charge on any atom is -0.462 e. The highest BCUT2D eigenvalue weighted by atomic mass is 16.5. The lowest BCUT2D eigenvalue weighted by molar-refractivity contribution is -0.150. The molecule has 0 aliphatic heterocycles. The molecule has 0 spiro atoms. The maximum absolute atomic E-state index is 12.5. The number of anilines is 1. The number of nitrogens with one attached hydrogen (secondary N) is 1. The predicted octanol–water partition coefficient (Wildman–Crippen LogP) is 5.80. The molecule has 1 amide bonds. The van der Waals surface area contributed by atoms with Gasteiger partial charge >= 0.3 is 11.9 Å². The molecule has 4 nitrogen and oxygen atoms in total. The molecule has 152 valence electrons. The molecular formula is C27H21NO3. The summed E-state index contributed by atoms with van der Waals surface area (Å²) < 4.78 is 4.62. The molecule has 1 N–H and O–H groups in total. The second-order valence-corrected chi connectivity index (χ2v) is 6.99. The van der Waals surface area contributed by atoms with Gasteiger partial charge in [-0.15, -0.1) is 0 Å². The Morgan fingerprint density at radius 2 is 1.03 bits per heavy atom. The van der Waals surface area contributed by atoms with Crippen LogP contribution in [0.3, 0.4) is 0 Å². The minimum absolute atomic E-state index is 0.562. The Bertz CT molecular complexity index is 1140. The molecule has 0 radical (unpaired) electrons. The van der Waals surface area contributed by atoms with Crippen LogP contribution >= 0.6 is 0 Å². The van der Waals surface area contributed by atoms with E-state index in [0.717, 1.165) is 33.4 Å². The molecule has 0 aromatic heterocycles. The van der Waals surface area contributed by atoms with E-state index in [1.165, 1.54) is 7.11 Å². The van der Waals surface area contributed by atoms with E-state index >= 15 is 0 Å². The molecular weight excluding hydrogens is 386 g/mol. The number of hydrogen-bond donors (Lipinski definition) is 1. The van der Waals surface area contributed by atoms with Crippen LogP contribution in [0.4, 0.5) is 5.69 Å². The van der Waals surface area contributed by atoms with Crippen LogP contribution in [0.15, 0.2) is 103 Å². The van der Waals surface area contributed by atoms with Crippen molar-refractivity contribution in [2.45, 2.75) is 0 Å². The van der Waals surface area contributed by atoms with Crippen molar-refractivity contribution in [3.05, 3.63) is 103 Å². The van der Waals surface area contributed by atoms with Crippen LogP contribution in [-0.4, -0.2) is 19.0 Å². The summed E-state index contributed by atoms with van der Waals surface area (Å²) in [7, 11) is 1.19. The van der Waals surface area contributed by atoms with E-state index in [-0.39, 0.29) is 0 Å². The molecule has 31 heavy (non-hydrogen) atoms. The molecule has 0 heterocycles. The summed E-state index contributed by atoms with van der Waals surface area (Å²) in [5.74, 6) is -1.76. The molecule has 4 rings (SSSR count). The fourth-order valence-corrected chi connectivity index (χ4v) is 3.52. The smallest absolute Gasteiger partial charge is 0.396 e. The van der Waals surface area contributed by atoms with Gasteiger partial charge in [0.2, 0.25) is 0 Å². The number of amides is 1. The summed E-state index contributed by atoms with van der Waals surface area (Å²) in [5, 5.41) is 2.79. The third-order valence-electron chi connectivity index (χ3n) is 5.02. The lowest BCUT2D eigenvalue weighted by Gasteiger charge is -2.19. The van der Waals surface area contributed by atoms with Gasteiger partial charge in [-0.2, -0.15) is 0 Å². The van der Waals surface area contributed by atoms with Gasteiger partial charge in [-0.3, -0.25) is 4.79 Å². The van der Waals surface area contributed by atoms with Gasteiger partial charge in [-0.25, -0.2) is 4.79 Å². The van der Waals surface area contributed by atoms with Crippen LogP contribution in [0.1, 0.15) is 0 Å². The quantitative estimate of drug-likeness (QED) is 0.344. The first-order valence-electron chi connectivity index (χ1n) is 9.91. The Hall–Kier alpha value is -4.18. The first-order chi connectivity index (χ1) is 15.2. The monoisotopic (exact) mass is 407 g/mol. The van der Waals surface area contributed by atoms with Crippen molar-refractivity contribution in [1.29, 1.82) is 0 Å². The Morgan fingerprint density at radius 3 is 1.45 bits per heavy atom. The Labute approximate surface area is 181 Å². The molecule has 0 unspecified atom stereocenters. The number of rotatable bonds is 4. The predicted molar refractivity (Wildman–Crippen MR) is 123 cm³/mol. The molecule has 0 atom stereocenters. The van der Waals surface area contributed by atoms with Gasteiger partial charge in [0.05, 0.1) is 12.8 Å². The summed E-state index contributed by atoms with van der Waals surface area (Å²) >= 11 is 0. The first-order valence-corrected chi connectivity index (χ1v) is 9.91.